The van der Waals surface area contributed by atoms with Crippen LogP contribution in [-0.2, 0) is 11.3 Å². The molecule has 0 saturated carbocycles. The summed E-state index contributed by atoms with van der Waals surface area (Å²) in [6.45, 7) is 6.84. The van der Waals surface area contributed by atoms with Crippen LogP contribution in [0.25, 0.3) is 0 Å². The molecule has 0 fully saturated rings. The van der Waals surface area contributed by atoms with Gasteiger partial charge in [-0.1, -0.05) is 30.3 Å². The summed E-state index contributed by atoms with van der Waals surface area (Å²) in [4.78, 5) is 15.8. The molecule has 0 heterocycles. The van der Waals surface area contributed by atoms with E-state index in [1.807, 2.05) is 51.1 Å². The van der Waals surface area contributed by atoms with Crippen molar-refractivity contribution in [2.45, 2.75) is 32.9 Å². The number of carbonyl (C=O) groups is 1. The van der Waals surface area contributed by atoms with Crippen LogP contribution in [-0.4, -0.2) is 31.0 Å². The lowest BCUT2D eigenvalue weighted by Gasteiger charge is -2.23. The lowest BCUT2D eigenvalue weighted by atomic mass is 10.1. The summed E-state index contributed by atoms with van der Waals surface area (Å²) in [5.74, 6) is 0.554. The molecule has 0 saturated heterocycles. The molecule has 1 rings (SSSR count). The molecular weight excluding hydrogens is 379 g/mol. The lowest BCUT2D eigenvalue weighted by molar-refractivity contribution is -0.120. The molecule has 0 radical (unpaired) electrons. The van der Waals surface area contributed by atoms with Crippen LogP contribution in [0.1, 0.15) is 26.3 Å². The molecule has 3 N–H and O–H groups in total. The minimum absolute atomic E-state index is 0. The van der Waals surface area contributed by atoms with Crippen LogP contribution < -0.4 is 16.0 Å². The van der Waals surface area contributed by atoms with Crippen molar-refractivity contribution in [3.8, 4) is 0 Å². The second-order valence-electron chi connectivity index (χ2n) is 5.56. The summed E-state index contributed by atoms with van der Waals surface area (Å²) < 4.78 is 0. The first-order chi connectivity index (χ1) is 9.40. The summed E-state index contributed by atoms with van der Waals surface area (Å²) in [7, 11) is 1.68. The van der Waals surface area contributed by atoms with E-state index in [0.717, 1.165) is 5.56 Å². The first-order valence-electron chi connectivity index (χ1n) is 6.70. The highest BCUT2D eigenvalue weighted by atomic mass is 127. The van der Waals surface area contributed by atoms with Gasteiger partial charge in [0, 0.05) is 19.1 Å². The van der Waals surface area contributed by atoms with Crippen molar-refractivity contribution in [1.82, 2.24) is 16.0 Å². The summed E-state index contributed by atoms with van der Waals surface area (Å²) in [5, 5.41) is 9.04. The quantitative estimate of drug-likeness (QED) is 0.408. The van der Waals surface area contributed by atoms with Crippen LogP contribution in [0.3, 0.4) is 0 Å². The maximum absolute atomic E-state index is 11.7. The van der Waals surface area contributed by atoms with Crippen molar-refractivity contribution < 1.29 is 4.79 Å². The number of rotatable bonds is 4. The van der Waals surface area contributed by atoms with E-state index < -0.39 is 0 Å². The molecule has 1 aromatic carbocycles. The molecule has 0 bridgehead atoms. The molecule has 0 aliphatic rings. The molecule has 21 heavy (non-hydrogen) atoms. The number of carbonyl (C=O) groups excluding carboxylic acids is 1. The Labute approximate surface area is 144 Å². The third-order valence-corrected chi connectivity index (χ3v) is 2.47. The van der Waals surface area contributed by atoms with Crippen molar-refractivity contribution in [3.63, 3.8) is 0 Å². The Hall–Kier alpha value is -1.31. The topological polar surface area (TPSA) is 65.5 Å². The Morgan fingerprint density at radius 2 is 1.76 bits per heavy atom. The van der Waals surface area contributed by atoms with Crippen molar-refractivity contribution in [3.05, 3.63) is 35.9 Å². The second kappa shape index (κ2) is 9.59. The van der Waals surface area contributed by atoms with E-state index in [0.29, 0.717) is 12.5 Å². The molecule has 0 aliphatic heterocycles. The van der Waals surface area contributed by atoms with Gasteiger partial charge in [0.05, 0.1) is 6.54 Å². The Kier molecular flexibility index (Phi) is 9.00. The molecule has 0 atom stereocenters. The number of hydrogen-bond acceptors (Lipinski definition) is 2. The third-order valence-electron chi connectivity index (χ3n) is 2.47. The van der Waals surface area contributed by atoms with Crippen LogP contribution in [0.2, 0.25) is 0 Å². The van der Waals surface area contributed by atoms with Crippen LogP contribution in [0.15, 0.2) is 35.3 Å². The predicted octanol–water partition coefficient (Wildman–Crippen LogP) is 1.88. The van der Waals surface area contributed by atoms with Crippen LogP contribution >= 0.6 is 24.0 Å². The van der Waals surface area contributed by atoms with Gasteiger partial charge in [-0.25, -0.2) is 0 Å². The lowest BCUT2D eigenvalue weighted by Crippen LogP contribution is -2.49. The van der Waals surface area contributed by atoms with Gasteiger partial charge in [0.25, 0.3) is 0 Å². The van der Waals surface area contributed by atoms with Gasteiger partial charge in [0.15, 0.2) is 5.96 Å². The van der Waals surface area contributed by atoms with E-state index in [9.17, 15) is 4.79 Å². The summed E-state index contributed by atoms with van der Waals surface area (Å²) >= 11 is 0. The van der Waals surface area contributed by atoms with Gasteiger partial charge in [-0.3, -0.25) is 9.79 Å². The highest BCUT2D eigenvalue weighted by Crippen LogP contribution is 1.98. The maximum atomic E-state index is 11.7. The minimum atomic E-state index is -0.0949. The average Bonchev–Trinajstić information content (AvgIpc) is 2.41. The van der Waals surface area contributed by atoms with E-state index in [2.05, 4.69) is 20.9 Å². The first kappa shape index (κ1) is 19.7. The van der Waals surface area contributed by atoms with Gasteiger partial charge >= 0.3 is 0 Å². The third kappa shape index (κ3) is 9.28. The molecule has 0 spiro atoms. The number of amides is 1. The number of aliphatic imine (C=N–C) groups is 1. The molecule has 118 valence electrons. The number of benzene rings is 1. The van der Waals surface area contributed by atoms with Gasteiger partial charge in [-0.15, -0.1) is 24.0 Å². The Balaban J connectivity index is 0.00000400. The average molecular weight is 404 g/mol. The number of hydrogen-bond donors (Lipinski definition) is 3. The minimum Gasteiger partial charge on any atom is -0.352 e. The SMILES string of the molecule is CN=C(NCC(=O)NCc1ccccc1)NC(C)(C)C.I. The summed E-state index contributed by atoms with van der Waals surface area (Å²) in [6.07, 6.45) is 0. The van der Waals surface area contributed by atoms with E-state index in [4.69, 9.17) is 0 Å². The van der Waals surface area contributed by atoms with Crippen molar-refractivity contribution in [2.75, 3.05) is 13.6 Å². The summed E-state index contributed by atoms with van der Waals surface area (Å²) in [5.41, 5.74) is 0.987. The fourth-order valence-electron chi connectivity index (χ4n) is 1.56. The zero-order chi connectivity index (χ0) is 15.0. The number of nitrogens with one attached hydrogen (secondary N) is 3. The maximum Gasteiger partial charge on any atom is 0.239 e. The Morgan fingerprint density at radius 1 is 1.14 bits per heavy atom. The van der Waals surface area contributed by atoms with Crippen LogP contribution in [0.4, 0.5) is 0 Å². The zero-order valence-corrected chi connectivity index (χ0v) is 15.4. The Morgan fingerprint density at radius 3 is 2.29 bits per heavy atom. The van der Waals surface area contributed by atoms with Crippen LogP contribution in [0.5, 0.6) is 0 Å². The molecule has 5 nitrogen and oxygen atoms in total. The van der Waals surface area contributed by atoms with Gasteiger partial charge < -0.3 is 16.0 Å². The van der Waals surface area contributed by atoms with Gasteiger partial charge in [0.2, 0.25) is 5.91 Å². The molecule has 0 aliphatic carbocycles. The van der Waals surface area contributed by atoms with Crippen molar-refractivity contribution >= 4 is 35.8 Å². The van der Waals surface area contributed by atoms with E-state index in [-0.39, 0.29) is 42.0 Å². The molecule has 1 amide bonds. The fourth-order valence-corrected chi connectivity index (χ4v) is 1.56. The van der Waals surface area contributed by atoms with Gasteiger partial charge in [-0.2, -0.15) is 0 Å². The molecule has 0 aromatic heterocycles. The van der Waals surface area contributed by atoms with Crippen LogP contribution in [0, 0.1) is 0 Å². The largest absolute Gasteiger partial charge is 0.352 e. The first-order valence-corrected chi connectivity index (χ1v) is 6.70. The molecule has 1 aromatic rings. The number of guanidine groups is 1. The van der Waals surface area contributed by atoms with Crippen molar-refractivity contribution in [2.24, 2.45) is 4.99 Å². The smallest absolute Gasteiger partial charge is 0.239 e. The van der Waals surface area contributed by atoms with E-state index in [1.165, 1.54) is 0 Å². The number of halogens is 1. The van der Waals surface area contributed by atoms with E-state index in [1.54, 1.807) is 7.05 Å². The molecule has 6 heteroatoms. The monoisotopic (exact) mass is 404 g/mol. The fraction of sp³-hybridized carbons (Fsp3) is 0.467. The molecule has 0 unspecified atom stereocenters. The highest BCUT2D eigenvalue weighted by molar-refractivity contribution is 14.0. The molecular formula is C15H25IN4O. The Bertz CT molecular complexity index is 454. The second-order valence-corrected chi connectivity index (χ2v) is 5.56. The normalized spacial score (nSPS) is 11.3. The predicted molar refractivity (Wildman–Crippen MR) is 98.0 cm³/mol. The number of nitrogens with zero attached hydrogens (tertiary/aromatic N) is 1. The van der Waals surface area contributed by atoms with Crippen molar-refractivity contribution in [1.29, 1.82) is 0 Å². The standard InChI is InChI=1S/C15H24N4O.HI/c1-15(2,3)19-14(16-4)18-11-13(20)17-10-12-8-6-5-7-9-12;/h5-9H,10-11H2,1-4H3,(H,17,20)(H2,16,18,19);1H. The summed E-state index contributed by atoms with van der Waals surface area (Å²) in [6, 6.07) is 9.82. The van der Waals surface area contributed by atoms with Gasteiger partial charge in [0.1, 0.15) is 0 Å². The highest BCUT2D eigenvalue weighted by Gasteiger charge is 2.12. The van der Waals surface area contributed by atoms with Gasteiger partial charge in [-0.05, 0) is 26.3 Å². The van der Waals surface area contributed by atoms with E-state index >= 15 is 0 Å². The zero-order valence-electron chi connectivity index (χ0n) is 13.1.